The Labute approximate surface area is 190 Å². The molecule has 0 spiro atoms. The SMILES string of the molecule is O=C(O)C=CC(=O)O.c1ccc(N2CCCC2=NCCSc2c[nH]c3ccccc23)cc1. The number of hydrogen-bond acceptors (Lipinski definition) is 4. The van der Waals surface area contributed by atoms with Gasteiger partial charge in [0.15, 0.2) is 0 Å². The standard InChI is InChI=1S/C20H21N3S.C4H4O4/c1-2-7-16(8-3-1)23-13-6-11-20(23)21-12-14-24-19-15-22-18-10-5-4-9-17(18)19;5-3(6)1-2-4(7)8/h1-5,7-10,15,22H,6,11-14H2;1-2H,(H,5,6)(H,7,8). The van der Waals surface area contributed by atoms with Gasteiger partial charge in [0, 0.05) is 58.6 Å². The Hall–Kier alpha value is -3.52. The van der Waals surface area contributed by atoms with Gasteiger partial charge in [-0.1, -0.05) is 36.4 Å². The number of fused-ring (bicyclic) bond motifs is 1. The summed E-state index contributed by atoms with van der Waals surface area (Å²) in [6.45, 7) is 1.95. The highest BCUT2D eigenvalue weighted by atomic mass is 32.2. The quantitative estimate of drug-likeness (QED) is 0.274. The van der Waals surface area contributed by atoms with Crippen LogP contribution in [0.5, 0.6) is 0 Å². The summed E-state index contributed by atoms with van der Waals surface area (Å²) in [5.41, 5.74) is 2.47. The number of H-pyrrole nitrogens is 1. The van der Waals surface area contributed by atoms with E-state index in [1.807, 2.05) is 11.8 Å². The van der Waals surface area contributed by atoms with Crippen LogP contribution in [0, 0.1) is 0 Å². The maximum absolute atomic E-state index is 9.55. The number of aromatic amines is 1. The molecule has 1 aliphatic rings. The van der Waals surface area contributed by atoms with E-state index in [0.29, 0.717) is 12.2 Å². The van der Waals surface area contributed by atoms with Gasteiger partial charge in [0.1, 0.15) is 5.84 Å². The first kappa shape index (κ1) is 23.1. The zero-order chi connectivity index (χ0) is 22.8. The summed E-state index contributed by atoms with van der Waals surface area (Å²) < 4.78 is 0. The van der Waals surface area contributed by atoms with Gasteiger partial charge in [0.2, 0.25) is 0 Å². The molecule has 7 nitrogen and oxygen atoms in total. The summed E-state index contributed by atoms with van der Waals surface area (Å²) in [6.07, 6.45) is 5.51. The van der Waals surface area contributed by atoms with E-state index >= 15 is 0 Å². The fraction of sp³-hybridized carbons (Fsp3) is 0.208. The Kier molecular flexibility index (Phi) is 8.51. The van der Waals surface area contributed by atoms with Crippen LogP contribution in [-0.4, -0.2) is 51.8 Å². The third-order valence-corrected chi connectivity index (χ3v) is 5.76. The number of nitrogens with zero attached hydrogens (tertiary/aromatic N) is 2. The van der Waals surface area contributed by atoms with Crippen molar-refractivity contribution in [1.82, 2.24) is 4.98 Å². The van der Waals surface area contributed by atoms with Crippen LogP contribution in [-0.2, 0) is 9.59 Å². The molecule has 8 heteroatoms. The van der Waals surface area contributed by atoms with Gasteiger partial charge < -0.3 is 20.1 Å². The fourth-order valence-electron chi connectivity index (χ4n) is 3.35. The molecule has 0 amide bonds. The molecule has 166 valence electrons. The van der Waals surface area contributed by atoms with Crippen LogP contribution in [0.1, 0.15) is 12.8 Å². The van der Waals surface area contributed by atoms with Gasteiger partial charge in [0.05, 0.1) is 6.54 Å². The van der Waals surface area contributed by atoms with Gasteiger partial charge in [-0.3, -0.25) is 4.99 Å². The minimum Gasteiger partial charge on any atom is -0.478 e. The number of aliphatic imine (C=N–C) groups is 1. The molecule has 0 atom stereocenters. The number of carboxylic acids is 2. The summed E-state index contributed by atoms with van der Waals surface area (Å²) in [5.74, 6) is -0.269. The fourth-order valence-corrected chi connectivity index (χ4v) is 4.23. The number of anilines is 1. The number of aromatic nitrogens is 1. The number of thioether (sulfide) groups is 1. The van der Waals surface area contributed by atoms with Gasteiger partial charge in [-0.25, -0.2) is 9.59 Å². The van der Waals surface area contributed by atoms with Crippen LogP contribution in [0.2, 0.25) is 0 Å². The molecule has 1 aromatic heterocycles. The van der Waals surface area contributed by atoms with Crippen LogP contribution in [0.15, 0.2) is 82.8 Å². The number of aliphatic carboxylic acids is 2. The summed E-state index contributed by atoms with van der Waals surface area (Å²) in [7, 11) is 0. The number of rotatable bonds is 7. The molecular formula is C24H25N3O4S. The first-order chi connectivity index (χ1) is 15.5. The van der Waals surface area contributed by atoms with E-state index in [0.717, 1.165) is 25.3 Å². The Bertz CT molecular complexity index is 1090. The number of benzene rings is 2. The second-order valence-electron chi connectivity index (χ2n) is 6.95. The van der Waals surface area contributed by atoms with E-state index in [-0.39, 0.29) is 0 Å². The molecule has 2 aromatic carbocycles. The first-order valence-electron chi connectivity index (χ1n) is 10.2. The molecule has 1 saturated heterocycles. The lowest BCUT2D eigenvalue weighted by molar-refractivity contribution is -0.134. The van der Waals surface area contributed by atoms with Crippen molar-refractivity contribution in [1.29, 1.82) is 0 Å². The highest BCUT2D eigenvalue weighted by Crippen LogP contribution is 2.27. The number of carbonyl (C=O) groups is 2. The Balaban J connectivity index is 0.000000312. The van der Waals surface area contributed by atoms with Crippen molar-refractivity contribution >= 4 is 46.1 Å². The summed E-state index contributed by atoms with van der Waals surface area (Å²) in [4.78, 5) is 31.0. The molecule has 4 rings (SSSR count). The molecule has 3 N–H and O–H groups in total. The smallest absolute Gasteiger partial charge is 0.328 e. The minimum atomic E-state index is -1.26. The number of para-hydroxylation sites is 2. The van der Waals surface area contributed by atoms with Crippen molar-refractivity contribution in [2.75, 3.05) is 23.7 Å². The number of amidine groups is 1. The molecule has 1 aliphatic heterocycles. The third kappa shape index (κ3) is 6.75. The second-order valence-corrected chi connectivity index (χ2v) is 8.08. The highest BCUT2D eigenvalue weighted by molar-refractivity contribution is 7.99. The number of hydrogen-bond donors (Lipinski definition) is 3. The summed E-state index contributed by atoms with van der Waals surface area (Å²) in [5, 5.41) is 16.9. The van der Waals surface area contributed by atoms with Crippen LogP contribution in [0.25, 0.3) is 10.9 Å². The molecule has 0 unspecified atom stereocenters. The van der Waals surface area contributed by atoms with Gasteiger partial charge in [-0.05, 0) is 24.6 Å². The lowest BCUT2D eigenvalue weighted by Gasteiger charge is -2.18. The summed E-state index contributed by atoms with van der Waals surface area (Å²) in [6, 6.07) is 19.0. The van der Waals surface area contributed by atoms with Crippen LogP contribution >= 0.6 is 11.8 Å². The molecule has 32 heavy (non-hydrogen) atoms. The predicted molar refractivity (Wildman–Crippen MR) is 129 cm³/mol. The van der Waals surface area contributed by atoms with E-state index in [1.54, 1.807) is 0 Å². The lowest BCUT2D eigenvalue weighted by atomic mass is 10.2. The molecular weight excluding hydrogens is 426 g/mol. The largest absolute Gasteiger partial charge is 0.478 e. The van der Waals surface area contributed by atoms with Gasteiger partial charge in [0.25, 0.3) is 0 Å². The monoisotopic (exact) mass is 451 g/mol. The normalized spacial score (nSPS) is 14.6. The van der Waals surface area contributed by atoms with E-state index in [4.69, 9.17) is 15.2 Å². The van der Waals surface area contributed by atoms with Crippen LogP contribution in [0.3, 0.4) is 0 Å². The molecule has 0 radical (unpaired) electrons. The zero-order valence-corrected chi connectivity index (χ0v) is 18.3. The molecule has 0 bridgehead atoms. The first-order valence-corrected chi connectivity index (χ1v) is 11.2. The second kappa shape index (κ2) is 11.8. The van der Waals surface area contributed by atoms with Gasteiger partial charge in [-0.15, -0.1) is 11.8 Å². The number of nitrogens with one attached hydrogen (secondary N) is 1. The highest BCUT2D eigenvalue weighted by Gasteiger charge is 2.19. The zero-order valence-electron chi connectivity index (χ0n) is 17.5. The molecule has 0 aliphatic carbocycles. The van der Waals surface area contributed by atoms with E-state index in [2.05, 4.69) is 70.7 Å². The molecule has 3 aromatic rings. The van der Waals surface area contributed by atoms with Crippen molar-refractivity contribution in [3.05, 3.63) is 72.9 Å². The Morgan fingerprint density at radius 3 is 2.44 bits per heavy atom. The van der Waals surface area contributed by atoms with E-state index in [9.17, 15) is 9.59 Å². The van der Waals surface area contributed by atoms with Crippen LogP contribution < -0.4 is 4.90 Å². The van der Waals surface area contributed by atoms with Gasteiger partial charge >= 0.3 is 11.9 Å². The van der Waals surface area contributed by atoms with Crippen molar-refractivity contribution in [2.45, 2.75) is 17.7 Å². The average molecular weight is 452 g/mol. The molecule has 0 saturated carbocycles. The van der Waals surface area contributed by atoms with Crippen molar-refractivity contribution in [3.8, 4) is 0 Å². The summed E-state index contributed by atoms with van der Waals surface area (Å²) >= 11 is 1.88. The topological polar surface area (TPSA) is 106 Å². The van der Waals surface area contributed by atoms with Crippen molar-refractivity contribution in [3.63, 3.8) is 0 Å². The van der Waals surface area contributed by atoms with Gasteiger partial charge in [-0.2, -0.15) is 0 Å². The Morgan fingerprint density at radius 2 is 1.72 bits per heavy atom. The molecule has 2 heterocycles. The third-order valence-electron chi connectivity index (χ3n) is 4.72. The lowest BCUT2D eigenvalue weighted by Crippen LogP contribution is -2.24. The average Bonchev–Trinajstić information content (AvgIpc) is 3.43. The van der Waals surface area contributed by atoms with Crippen molar-refractivity contribution < 1.29 is 19.8 Å². The van der Waals surface area contributed by atoms with E-state index in [1.165, 1.54) is 33.7 Å². The minimum absolute atomic E-state index is 0.558. The predicted octanol–water partition coefficient (Wildman–Crippen LogP) is 4.67. The molecule has 1 fully saturated rings. The maximum Gasteiger partial charge on any atom is 0.328 e. The van der Waals surface area contributed by atoms with E-state index < -0.39 is 11.9 Å². The maximum atomic E-state index is 9.55. The van der Waals surface area contributed by atoms with Crippen LogP contribution in [0.4, 0.5) is 5.69 Å². The number of carboxylic acid groups (broad SMARTS) is 2. The van der Waals surface area contributed by atoms with Crippen molar-refractivity contribution in [2.24, 2.45) is 4.99 Å². The Morgan fingerprint density at radius 1 is 1.03 bits per heavy atom.